The van der Waals surface area contributed by atoms with Crippen molar-refractivity contribution < 1.29 is 27.9 Å². The molecule has 1 aliphatic rings. The van der Waals surface area contributed by atoms with Gasteiger partial charge in [-0.1, -0.05) is 42.5 Å². The molecule has 11 heteroatoms. The van der Waals surface area contributed by atoms with Gasteiger partial charge in [0.2, 0.25) is 5.91 Å². The summed E-state index contributed by atoms with van der Waals surface area (Å²) in [6.07, 6.45) is -4.75. The third-order valence-electron chi connectivity index (χ3n) is 6.16. The molecule has 0 unspecified atom stereocenters. The molecule has 0 radical (unpaired) electrons. The van der Waals surface area contributed by atoms with Crippen molar-refractivity contribution in [3.8, 4) is 5.75 Å². The van der Waals surface area contributed by atoms with Gasteiger partial charge in [0.1, 0.15) is 5.75 Å². The quantitative estimate of drug-likeness (QED) is 0.301. The van der Waals surface area contributed by atoms with Crippen LogP contribution in [0.5, 0.6) is 5.75 Å². The number of anilines is 1. The molecule has 0 saturated carbocycles. The molecule has 198 valence electrons. The number of carbonyl (C=O) groups is 1. The highest BCUT2D eigenvalue weighted by molar-refractivity contribution is 7.96. The second kappa shape index (κ2) is 12.0. The lowest BCUT2D eigenvalue weighted by Crippen LogP contribution is -2.48. The monoisotopic (exact) mass is 534 g/mol. The summed E-state index contributed by atoms with van der Waals surface area (Å²) in [5.74, 6) is 0.395. The van der Waals surface area contributed by atoms with Crippen LogP contribution >= 0.6 is 11.9 Å². The summed E-state index contributed by atoms with van der Waals surface area (Å²) in [5.41, 5.74) is 1.43. The van der Waals surface area contributed by atoms with E-state index in [-0.39, 0.29) is 18.2 Å². The Morgan fingerprint density at radius 3 is 2.32 bits per heavy atom. The van der Waals surface area contributed by atoms with Gasteiger partial charge < -0.3 is 9.64 Å². The van der Waals surface area contributed by atoms with E-state index in [0.29, 0.717) is 24.4 Å². The first-order valence-corrected chi connectivity index (χ1v) is 12.8. The molecule has 1 aliphatic heterocycles. The second-order valence-electron chi connectivity index (χ2n) is 8.71. The minimum Gasteiger partial charge on any atom is -0.406 e. The fourth-order valence-electron chi connectivity index (χ4n) is 4.16. The summed E-state index contributed by atoms with van der Waals surface area (Å²) in [5, 5.41) is 14.8. The smallest absolute Gasteiger partial charge is 0.406 e. The normalized spacial score (nSPS) is 14.8. The van der Waals surface area contributed by atoms with Crippen molar-refractivity contribution in [2.75, 3.05) is 43.5 Å². The van der Waals surface area contributed by atoms with Crippen LogP contribution in [0.15, 0.2) is 66.7 Å². The van der Waals surface area contributed by atoms with Crippen molar-refractivity contribution in [2.24, 2.45) is 0 Å². The molecule has 0 aliphatic carbocycles. The number of carbonyl (C=O) groups excluding carboxylic acids is 1. The van der Waals surface area contributed by atoms with Crippen molar-refractivity contribution in [1.82, 2.24) is 14.4 Å². The van der Waals surface area contributed by atoms with E-state index in [1.807, 2.05) is 47.4 Å². The van der Waals surface area contributed by atoms with Crippen LogP contribution in [0.2, 0.25) is 0 Å². The molecule has 37 heavy (non-hydrogen) atoms. The lowest BCUT2D eigenvalue weighted by Gasteiger charge is -2.35. The Morgan fingerprint density at radius 2 is 1.68 bits per heavy atom. The number of piperazine rings is 1. The van der Waals surface area contributed by atoms with Crippen LogP contribution < -0.4 is 9.75 Å². The summed E-state index contributed by atoms with van der Waals surface area (Å²) < 4.78 is 42.6. The average molecular weight is 535 g/mol. The predicted octanol–water partition coefficient (Wildman–Crippen LogP) is 5.16. The maximum Gasteiger partial charge on any atom is 0.573 e. The molecule has 0 aromatic heterocycles. The molecule has 0 spiro atoms. The van der Waals surface area contributed by atoms with Gasteiger partial charge in [0.05, 0.1) is 12.2 Å². The van der Waals surface area contributed by atoms with Crippen LogP contribution in [0.1, 0.15) is 12.5 Å². The zero-order valence-corrected chi connectivity index (χ0v) is 21.2. The van der Waals surface area contributed by atoms with E-state index < -0.39 is 6.36 Å². The first kappa shape index (κ1) is 27.1. The highest BCUT2D eigenvalue weighted by Crippen LogP contribution is 2.28. The van der Waals surface area contributed by atoms with Crippen molar-refractivity contribution in [2.45, 2.75) is 19.8 Å². The van der Waals surface area contributed by atoms with E-state index in [1.54, 1.807) is 24.1 Å². The molecule has 1 fully saturated rings. The van der Waals surface area contributed by atoms with E-state index in [1.165, 1.54) is 24.1 Å². The largest absolute Gasteiger partial charge is 0.573 e. The number of hydrogen-bond donors (Lipinski definition) is 1. The van der Waals surface area contributed by atoms with E-state index >= 15 is 0 Å². The third kappa shape index (κ3) is 7.75. The lowest BCUT2D eigenvalue weighted by molar-refractivity contribution is -0.274. The van der Waals surface area contributed by atoms with Crippen molar-refractivity contribution in [3.63, 3.8) is 0 Å². The van der Waals surface area contributed by atoms with Crippen LogP contribution in [-0.2, 0) is 11.3 Å². The summed E-state index contributed by atoms with van der Waals surface area (Å²) in [4.78, 5) is 15.6. The first-order valence-electron chi connectivity index (χ1n) is 11.9. The predicted molar refractivity (Wildman–Crippen MR) is 138 cm³/mol. The maximum absolute atomic E-state index is 12.5. The number of hydrazine groups is 1. The molecule has 3 aromatic carbocycles. The van der Waals surface area contributed by atoms with Crippen molar-refractivity contribution in [1.29, 1.82) is 0 Å². The standard InChI is InChI=1S/C26H29F3N4O3S/c1-20(34)31-14-12-30(13-15-31)16-17-37-33(35)32(24-9-8-22-4-2-3-5-23(22)18-24)19-21-6-10-25(11-7-21)36-26(27,28)29/h2-11,18,35H,12-17,19H2,1H3. The summed E-state index contributed by atoms with van der Waals surface area (Å²) in [6.45, 7) is 5.50. The van der Waals surface area contributed by atoms with Crippen molar-refractivity contribution >= 4 is 34.3 Å². The van der Waals surface area contributed by atoms with Gasteiger partial charge in [0.25, 0.3) is 0 Å². The molecule has 3 aromatic rings. The zero-order chi connectivity index (χ0) is 26.4. The number of ether oxygens (including phenoxy) is 1. The van der Waals surface area contributed by atoms with Crippen LogP contribution in [0.3, 0.4) is 0 Å². The Labute approximate surface area is 218 Å². The number of hydrogen-bond acceptors (Lipinski definition) is 7. The summed E-state index contributed by atoms with van der Waals surface area (Å²) >= 11 is 1.23. The van der Waals surface area contributed by atoms with E-state index in [9.17, 15) is 23.2 Å². The van der Waals surface area contributed by atoms with E-state index in [2.05, 4.69) is 9.64 Å². The Balaban J connectivity index is 1.44. The third-order valence-corrected chi connectivity index (χ3v) is 6.95. The van der Waals surface area contributed by atoms with Gasteiger partial charge >= 0.3 is 6.36 Å². The number of alkyl halides is 3. The molecule has 1 N–H and O–H groups in total. The summed E-state index contributed by atoms with van der Waals surface area (Å²) in [6, 6.07) is 19.3. The van der Waals surface area contributed by atoms with Crippen LogP contribution in [0, 0.1) is 0 Å². The van der Waals surface area contributed by atoms with Gasteiger partial charge in [-0.05, 0) is 57.1 Å². The minimum atomic E-state index is -4.75. The molecular weight excluding hydrogens is 505 g/mol. The molecule has 1 heterocycles. The Morgan fingerprint density at radius 1 is 1.00 bits per heavy atom. The minimum absolute atomic E-state index is 0.0830. The molecule has 0 atom stereocenters. The van der Waals surface area contributed by atoms with Gasteiger partial charge in [0, 0.05) is 45.4 Å². The van der Waals surface area contributed by atoms with Gasteiger partial charge in [-0.15, -0.1) is 13.2 Å². The second-order valence-corrected chi connectivity index (χ2v) is 9.71. The fraction of sp³-hybridized carbons (Fsp3) is 0.346. The van der Waals surface area contributed by atoms with Crippen LogP contribution in [0.4, 0.5) is 18.9 Å². The van der Waals surface area contributed by atoms with Crippen LogP contribution in [0.25, 0.3) is 10.8 Å². The number of amides is 1. The number of benzene rings is 3. The Kier molecular flexibility index (Phi) is 8.80. The highest BCUT2D eigenvalue weighted by atomic mass is 32.2. The number of fused-ring (bicyclic) bond motifs is 1. The van der Waals surface area contributed by atoms with Gasteiger partial charge in [-0.2, -0.15) is 0 Å². The van der Waals surface area contributed by atoms with Gasteiger partial charge in [-0.25, -0.2) is 0 Å². The molecule has 1 saturated heterocycles. The number of halogens is 3. The summed E-state index contributed by atoms with van der Waals surface area (Å²) in [7, 11) is 0. The Hall–Kier alpha value is -2.99. The maximum atomic E-state index is 12.5. The number of rotatable bonds is 9. The number of nitrogens with zero attached hydrogens (tertiary/aromatic N) is 4. The Bertz CT molecular complexity index is 1190. The average Bonchev–Trinajstić information content (AvgIpc) is 2.87. The zero-order valence-electron chi connectivity index (χ0n) is 20.4. The lowest BCUT2D eigenvalue weighted by atomic mass is 10.1. The molecule has 0 bridgehead atoms. The molecule has 7 nitrogen and oxygen atoms in total. The van der Waals surface area contributed by atoms with Gasteiger partial charge in [-0.3, -0.25) is 19.9 Å². The van der Waals surface area contributed by atoms with E-state index in [0.717, 1.165) is 40.7 Å². The van der Waals surface area contributed by atoms with Crippen molar-refractivity contribution in [3.05, 3.63) is 72.3 Å². The molecular formula is C26H29F3N4O3S. The highest BCUT2D eigenvalue weighted by Gasteiger charge is 2.31. The van der Waals surface area contributed by atoms with Gasteiger partial charge in [0.15, 0.2) is 0 Å². The fourth-order valence-corrected chi connectivity index (χ4v) is 4.96. The molecule has 1 amide bonds. The SMILES string of the molecule is CC(=O)N1CCN(CCSN(O)N(Cc2ccc(OC(F)(F)F)cc2)c2ccc3ccccc3c2)CC1. The first-order chi connectivity index (χ1) is 17.7. The van der Waals surface area contributed by atoms with E-state index in [4.69, 9.17) is 0 Å². The molecule has 4 rings (SSSR count). The topological polar surface area (TPSA) is 59.5 Å². The van der Waals surface area contributed by atoms with Crippen LogP contribution in [-0.4, -0.2) is 70.3 Å².